The van der Waals surface area contributed by atoms with Gasteiger partial charge in [0.25, 0.3) is 0 Å². The van der Waals surface area contributed by atoms with E-state index >= 15 is 0 Å². The molecule has 20 heavy (non-hydrogen) atoms. The second-order valence-corrected chi connectivity index (χ2v) is 5.98. The molecule has 0 atom stereocenters. The van der Waals surface area contributed by atoms with Gasteiger partial charge in [-0.25, -0.2) is 4.98 Å². The van der Waals surface area contributed by atoms with E-state index in [1.54, 1.807) is 23.1 Å². The van der Waals surface area contributed by atoms with Gasteiger partial charge in [0.05, 0.1) is 0 Å². The number of nitrogens with one attached hydrogen (secondary N) is 1. The second-order valence-electron chi connectivity index (χ2n) is 3.74. The van der Waals surface area contributed by atoms with Crippen LogP contribution < -0.4 is 11.1 Å². The van der Waals surface area contributed by atoms with Gasteiger partial charge in [0.2, 0.25) is 0 Å². The number of rotatable bonds is 10. The number of thiazole rings is 1. The molecule has 0 aliphatic carbocycles. The molecule has 0 bridgehead atoms. The highest BCUT2D eigenvalue weighted by Gasteiger charge is 1.96. The fourth-order valence-corrected chi connectivity index (χ4v) is 2.93. The van der Waals surface area contributed by atoms with Crippen molar-refractivity contribution >= 4 is 53.0 Å². The molecule has 0 spiro atoms. The second kappa shape index (κ2) is 13.9. The first-order chi connectivity index (χ1) is 9.33. The van der Waals surface area contributed by atoms with Crippen LogP contribution in [0.4, 0.5) is 0 Å². The van der Waals surface area contributed by atoms with Gasteiger partial charge in [0.15, 0.2) is 5.96 Å². The highest BCUT2D eigenvalue weighted by Crippen LogP contribution is 2.20. The number of thioether (sulfide) groups is 1. The van der Waals surface area contributed by atoms with Crippen molar-refractivity contribution in [3.05, 3.63) is 11.6 Å². The summed E-state index contributed by atoms with van der Waals surface area (Å²) in [4.78, 5) is 8.48. The Labute approximate surface area is 146 Å². The molecule has 3 N–H and O–H groups in total. The van der Waals surface area contributed by atoms with Crippen molar-refractivity contribution in [1.29, 1.82) is 0 Å². The number of halogens is 1. The van der Waals surface area contributed by atoms with E-state index in [4.69, 9.17) is 10.5 Å². The van der Waals surface area contributed by atoms with E-state index in [2.05, 4.69) is 15.3 Å². The minimum absolute atomic E-state index is 0. The molecule has 0 saturated carbocycles. The monoisotopic (exact) mass is 430 g/mol. The fraction of sp³-hybridized carbons (Fsp3) is 0.667. The van der Waals surface area contributed by atoms with Crippen molar-refractivity contribution in [1.82, 2.24) is 10.3 Å². The number of nitrogens with zero attached hydrogens (tertiary/aromatic N) is 2. The molecule has 8 heteroatoms. The lowest BCUT2D eigenvalue weighted by Crippen LogP contribution is -2.33. The van der Waals surface area contributed by atoms with Crippen LogP contribution in [-0.2, 0) is 4.74 Å². The molecular weight excluding hydrogens is 407 g/mol. The molecule has 0 radical (unpaired) electrons. The highest BCUT2D eigenvalue weighted by molar-refractivity contribution is 14.0. The number of aliphatic imine (C=N–C) groups is 1. The summed E-state index contributed by atoms with van der Waals surface area (Å²) in [6.07, 6.45) is 3.78. The van der Waals surface area contributed by atoms with Crippen LogP contribution in [0.5, 0.6) is 0 Å². The molecule has 0 amide bonds. The number of ether oxygens (including phenoxy) is 1. The van der Waals surface area contributed by atoms with Gasteiger partial charge in [0.1, 0.15) is 4.34 Å². The van der Waals surface area contributed by atoms with Crippen LogP contribution in [0.3, 0.4) is 0 Å². The van der Waals surface area contributed by atoms with Crippen molar-refractivity contribution in [2.24, 2.45) is 10.7 Å². The Morgan fingerprint density at radius 2 is 2.40 bits per heavy atom. The fourth-order valence-electron chi connectivity index (χ4n) is 1.30. The third-order valence-electron chi connectivity index (χ3n) is 2.20. The van der Waals surface area contributed by atoms with E-state index in [0.717, 1.165) is 49.2 Å². The quantitative estimate of drug-likeness (QED) is 0.196. The highest BCUT2D eigenvalue weighted by atomic mass is 127. The normalized spacial score (nSPS) is 11.2. The van der Waals surface area contributed by atoms with Gasteiger partial charge in [-0.05, 0) is 19.8 Å². The zero-order valence-electron chi connectivity index (χ0n) is 11.7. The zero-order chi connectivity index (χ0) is 13.8. The summed E-state index contributed by atoms with van der Waals surface area (Å²) < 4.78 is 6.35. The average molecular weight is 430 g/mol. The largest absolute Gasteiger partial charge is 0.382 e. The summed E-state index contributed by atoms with van der Waals surface area (Å²) in [5, 5.41) is 5.07. The summed E-state index contributed by atoms with van der Waals surface area (Å²) >= 11 is 3.44. The topological polar surface area (TPSA) is 72.5 Å². The van der Waals surface area contributed by atoms with Crippen molar-refractivity contribution in [2.75, 3.05) is 32.1 Å². The SMILES string of the molecule is CCOCCCNC(N)=NCCCSc1nccs1.I. The third kappa shape index (κ3) is 10.7. The molecule has 1 rings (SSSR count). The molecule has 0 unspecified atom stereocenters. The Bertz CT molecular complexity index is 349. The number of hydrogen-bond acceptors (Lipinski definition) is 5. The summed E-state index contributed by atoms with van der Waals surface area (Å²) in [6.45, 7) is 5.08. The Morgan fingerprint density at radius 3 is 3.10 bits per heavy atom. The van der Waals surface area contributed by atoms with Gasteiger partial charge >= 0.3 is 0 Å². The van der Waals surface area contributed by atoms with Gasteiger partial charge in [0, 0.05) is 43.6 Å². The Hall–Kier alpha value is -0.0600. The molecule has 116 valence electrons. The third-order valence-corrected chi connectivity index (χ3v) is 4.25. The number of guanidine groups is 1. The van der Waals surface area contributed by atoms with Crippen LogP contribution >= 0.6 is 47.1 Å². The standard InChI is InChI=1S/C12H22N4OS2.HI/c1-2-17-8-3-5-14-11(13)15-6-4-9-18-12-16-7-10-19-12;/h7,10H,2-6,8-9H2,1H3,(H3,13,14,15);1H. The van der Waals surface area contributed by atoms with Crippen LogP contribution in [0.2, 0.25) is 0 Å². The first-order valence-electron chi connectivity index (χ1n) is 6.46. The molecule has 1 aromatic rings. The smallest absolute Gasteiger partial charge is 0.188 e. The first-order valence-corrected chi connectivity index (χ1v) is 8.33. The first kappa shape index (κ1) is 19.9. The van der Waals surface area contributed by atoms with Crippen molar-refractivity contribution in [3.8, 4) is 0 Å². The summed E-state index contributed by atoms with van der Waals surface area (Å²) in [5.74, 6) is 1.55. The van der Waals surface area contributed by atoms with Gasteiger partial charge < -0.3 is 15.8 Å². The molecule has 0 aliphatic heterocycles. The van der Waals surface area contributed by atoms with Gasteiger partial charge in [-0.3, -0.25) is 4.99 Å². The van der Waals surface area contributed by atoms with E-state index in [-0.39, 0.29) is 24.0 Å². The van der Waals surface area contributed by atoms with E-state index in [1.165, 1.54) is 0 Å². The lowest BCUT2D eigenvalue weighted by Gasteiger charge is -2.05. The summed E-state index contributed by atoms with van der Waals surface area (Å²) in [7, 11) is 0. The molecule has 0 aliphatic rings. The molecule has 1 aromatic heterocycles. The summed E-state index contributed by atoms with van der Waals surface area (Å²) in [6, 6.07) is 0. The Kier molecular flexibility index (Phi) is 13.9. The molecule has 1 heterocycles. The van der Waals surface area contributed by atoms with Gasteiger partial charge in [-0.15, -0.1) is 35.3 Å². The van der Waals surface area contributed by atoms with Crippen molar-refractivity contribution in [2.45, 2.75) is 24.1 Å². The van der Waals surface area contributed by atoms with Crippen molar-refractivity contribution < 1.29 is 4.74 Å². The molecule has 0 fully saturated rings. The van der Waals surface area contributed by atoms with E-state index in [9.17, 15) is 0 Å². The predicted molar refractivity (Wildman–Crippen MR) is 98.5 cm³/mol. The molecular formula is C12H23IN4OS2. The lowest BCUT2D eigenvalue weighted by molar-refractivity contribution is 0.145. The average Bonchev–Trinajstić information content (AvgIpc) is 2.91. The van der Waals surface area contributed by atoms with Crippen LogP contribution in [0.1, 0.15) is 19.8 Å². The van der Waals surface area contributed by atoms with Crippen LogP contribution in [0, 0.1) is 0 Å². The van der Waals surface area contributed by atoms with E-state index < -0.39 is 0 Å². The van der Waals surface area contributed by atoms with E-state index in [1.807, 2.05) is 18.5 Å². The number of hydrogen-bond donors (Lipinski definition) is 2. The van der Waals surface area contributed by atoms with Crippen molar-refractivity contribution in [3.63, 3.8) is 0 Å². The molecule has 5 nitrogen and oxygen atoms in total. The minimum Gasteiger partial charge on any atom is -0.382 e. The lowest BCUT2D eigenvalue weighted by atomic mass is 10.4. The summed E-state index contributed by atoms with van der Waals surface area (Å²) in [5.41, 5.74) is 5.75. The predicted octanol–water partition coefficient (Wildman–Crippen LogP) is 2.57. The maximum Gasteiger partial charge on any atom is 0.188 e. The van der Waals surface area contributed by atoms with E-state index in [0.29, 0.717) is 5.96 Å². The maximum absolute atomic E-state index is 5.75. The van der Waals surface area contributed by atoms with Crippen LogP contribution in [0.15, 0.2) is 20.9 Å². The maximum atomic E-state index is 5.75. The number of nitrogens with two attached hydrogens (primary N) is 1. The Morgan fingerprint density at radius 1 is 1.55 bits per heavy atom. The van der Waals surface area contributed by atoms with Crippen LogP contribution in [0.25, 0.3) is 0 Å². The zero-order valence-corrected chi connectivity index (χ0v) is 15.7. The molecule has 0 saturated heterocycles. The van der Waals surface area contributed by atoms with Gasteiger partial charge in [-0.1, -0.05) is 11.8 Å². The number of aromatic nitrogens is 1. The minimum atomic E-state index is 0. The van der Waals surface area contributed by atoms with Gasteiger partial charge in [-0.2, -0.15) is 0 Å². The Balaban J connectivity index is 0.00000361. The molecule has 0 aromatic carbocycles. The van der Waals surface area contributed by atoms with Crippen LogP contribution in [-0.4, -0.2) is 43.0 Å².